The molecule has 2 aliphatic rings. The van der Waals surface area contributed by atoms with Crippen molar-refractivity contribution in [2.45, 2.75) is 31.8 Å². The number of nitrogens with zero attached hydrogens (tertiary/aromatic N) is 2. The van der Waals surface area contributed by atoms with Crippen molar-refractivity contribution in [2.75, 3.05) is 19.6 Å². The number of phenolic OH excluding ortho intramolecular Hbond substituents is 1. The predicted octanol–water partition coefficient (Wildman–Crippen LogP) is 3.04. The van der Waals surface area contributed by atoms with Crippen LogP contribution in [0.5, 0.6) is 5.75 Å². The largest absolute Gasteiger partial charge is 0.508 e. The van der Waals surface area contributed by atoms with E-state index in [2.05, 4.69) is 4.90 Å². The number of aryl methyl sites for hydroxylation is 1. The Morgan fingerprint density at radius 2 is 1.88 bits per heavy atom. The molecule has 2 aliphatic heterocycles. The minimum Gasteiger partial charge on any atom is -0.508 e. The quantitative estimate of drug-likeness (QED) is 0.918. The highest BCUT2D eigenvalue weighted by molar-refractivity contribution is 5.84. The number of halogens is 1. The van der Waals surface area contributed by atoms with Crippen LogP contribution in [0.4, 0.5) is 4.39 Å². The molecule has 0 aromatic heterocycles. The van der Waals surface area contributed by atoms with Gasteiger partial charge >= 0.3 is 0 Å². The molecule has 1 unspecified atom stereocenters. The molecule has 1 amide bonds. The van der Waals surface area contributed by atoms with Crippen LogP contribution in [0.2, 0.25) is 0 Å². The van der Waals surface area contributed by atoms with Crippen LogP contribution in [-0.4, -0.2) is 46.5 Å². The SMILES string of the molecule is Cc1ccc(CN2CCC(N3CC(c4ccc(O)cc4)C3)C2=O)cc1F. The van der Waals surface area contributed by atoms with Crippen LogP contribution in [0, 0.1) is 12.7 Å². The Labute approximate surface area is 152 Å². The van der Waals surface area contributed by atoms with E-state index in [0.717, 1.165) is 31.6 Å². The maximum absolute atomic E-state index is 13.7. The van der Waals surface area contributed by atoms with Crippen LogP contribution >= 0.6 is 0 Å². The molecular weight excluding hydrogens is 331 g/mol. The topological polar surface area (TPSA) is 43.8 Å². The van der Waals surface area contributed by atoms with Gasteiger partial charge in [0.05, 0.1) is 6.04 Å². The lowest BCUT2D eigenvalue weighted by atomic mass is 9.89. The third kappa shape index (κ3) is 3.19. The highest BCUT2D eigenvalue weighted by Crippen LogP contribution is 2.33. The average molecular weight is 354 g/mol. The second kappa shape index (κ2) is 6.72. The van der Waals surface area contributed by atoms with Gasteiger partial charge in [0.25, 0.3) is 0 Å². The summed E-state index contributed by atoms with van der Waals surface area (Å²) in [6.45, 7) is 4.67. The van der Waals surface area contributed by atoms with Crippen LogP contribution in [0.1, 0.15) is 29.0 Å². The third-order valence-corrected chi connectivity index (χ3v) is 5.59. The first-order valence-electron chi connectivity index (χ1n) is 9.08. The van der Waals surface area contributed by atoms with E-state index < -0.39 is 0 Å². The zero-order valence-electron chi connectivity index (χ0n) is 14.9. The molecule has 0 radical (unpaired) electrons. The molecule has 136 valence electrons. The number of carbonyl (C=O) groups is 1. The molecule has 0 bridgehead atoms. The molecule has 4 rings (SSSR count). The van der Waals surface area contributed by atoms with Crippen LogP contribution in [0.15, 0.2) is 42.5 Å². The van der Waals surface area contributed by atoms with Gasteiger partial charge in [0.2, 0.25) is 5.91 Å². The van der Waals surface area contributed by atoms with Gasteiger partial charge in [0.1, 0.15) is 11.6 Å². The van der Waals surface area contributed by atoms with Gasteiger partial charge < -0.3 is 10.0 Å². The van der Waals surface area contributed by atoms with E-state index in [4.69, 9.17) is 0 Å². The summed E-state index contributed by atoms with van der Waals surface area (Å²) >= 11 is 0. The molecule has 1 atom stereocenters. The molecule has 1 N–H and O–H groups in total. The lowest BCUT2D eigenvalue weighted by molar-refractivity contribution is -0.134. The molecular formula is C21H23FN2O2. The van der Waals surface area contributed by atoms with Crippen LogP contribution < -0.4 is 0 Å². The fraction of sp³-hybridized carbons (Fsp3) is 0.381. The fourth-order valence-corrected chi connectivity index (χ4v) is 3.90. The van der Waals surface area contributed by atoms with Crippen molar-refractivity contribution >= 4 is 5.91 Å². The molecule has 2 heterocycles. The Balaban J connectivity index is 1.34. The van der Waals surface area contributed by atoms with Crippen molar-refractivity contribution in [3.8, 4) is 5.75 Å². The first kappa shape index (κ1) is 17.0. The van der Waals surface area contributed by atoms with E-state index in [1.54, 1.807) is 25.1 Å². The number of likely N-dealkylation sites (tertiary alicyclic amines) is 2. The number of hydrogen-bond acceptors (Lipinski definition) is 3. The van der Waals surface area contributed by atoms with E-state index in [9.17, 15) is 14.3 Å². The van der Waals surface area contributed by atoms with Crippen molar-refractivity contribution < 1.29 is 14.3 Å². The zero-order valence-corrected chi connectivity index (χ0v) is 14.9. The minimum absolute atomic E-state index is 0.0568. The monoisotopic (exact) mass is 354 g/mol. The smallest absolute Gasteiger partial charge is 0.240 e. The molecule has 4 nitrogen and oxygen atoms in total. The van der Waals surface area contributed by atoms with Gasteiger partial charge in [0, 0.05) is 32.1 Å². The number of carbonyl (C=O) groups excluding carboxylic acids is 1. The highest BCUT2D eigenvalue weighted by atomic mass is 19.1. The highest BCUT2D eigenvalue weighted by Gasteiger charge is 2.41. The van der Waals surface area contributed by atoms with Gasteiger partial charge in [0.15, 0.2) is 0 Å². The standard InChI is InChI=1S/C21H23FN2O2/c1-14-2-3-15(10-19(14)22)11-23-9-8-20(21(23)26)24-12-17(13-24)16-4-6-18(25)7-5-16/h2-7,10,17,20,25H,8-9,11-13H2,1H3. The van der Waals surface area contributed by atoms with Crippen molar-refractivity contribution in [1.82, 2.24) is 9.80 Å². The molecule has 2 saturated heterocycles. The molecule has 2 aromatic carbocycles. The summed E-state index contributed by atoms with van der Waals surface area (Å²) in [6, 6.07) is 12.4. The Bertz CT molecular complexity index is 815. The van der Waals surface area contributed by atoms with Gasteiger partial charge in [-0.05, 0) is 48.2 Å². The summed E-state index contributed by atoms with van der Waals surface area (Å²) in [5.41, 5.74) is 2.67. The van der Waals surface area contributed by atoms with Crippen LogP contribution in [0.25, 0.3) is 0 Å². The summed E-state index contributed by atoms with van der Waals surface area (Å²) in [4.78, 5) is 16.8. The van der Waals surface area contributed by atoms with Crippen LogP contribution in [-0.2, 0) is 11.3 Å². The van der Waals surface area contributed by atoms with E-state index in [-0.39, 0.29) is 23.5 Å². The Morgan fingerprint density at radius 1 is 1.15 bits per heavy atom. The van der Waals surface area contributed by atoms with Crippen molar-refractivity contribution in [3.63, 3.8) is 0 Å². The van der Waals surface area contributed by atoms with Gasteiger partial charge in [-0.1, -0.05) is 24.3 Å². The molecule has 0 saturated carbocycles. The maximum atomic E-state index is 13.7. The average Bonchev–Trinajstić information content (AvgIpc) is 2.92. The van der Waals surface area contributed by atoms with Crippen molar-refractivity contribution in [2.24, 2.45) is 0 Å². The lowest BCUT2D eigenvalue weighted by Gasteiger charge is -2.42. The number of hydrogen-bond donors (Lipinski definition) is 1. The van der Waals surface area contributed by atoms with Crippen molar-refractivity contribution in [1.29, 1.82) is 0 Å². The number of phenols is 1. The molecule has 2 aromatic rings. The lowest BCUT2D eigenvalue weighted by Crippen LogP contribution is -2.53. The van der Waals surface area contributed by atoms with E-state index in [1.165, 1.54) is 11.6 Å². The first-order chi connectivity index (χ1) is 12.5. The first-order valence-corrected chi connectivity index (χ1v) is 9.08. The number of amides is 1. The molecule has 5 heteroatoms. The Morgan fingerprint density at radius 3 is 2.58 bits per heavy atom. The number of benzene rings is 2. The van der Waals surface area contributed by atoms with Gasteiger partial charge in [-0.2, -0.15) is 0 Å². The van der Waals surface area contributed by atoms with Crippen LogP contribution in [0.3, 0.4) is 0 Å². The summed E-state index contributed by atoms with van der Waals surface area (Å²) < 4.78 is 13.7. The zero-order chi connectivity index (χ0) is 18.3. The molecule has 0 aliphatic carbocycles. The summed E-state index contributed by atoms with van der Waals surface area (Å²) in [6.07, 6.45) is 0.829. The second-order valence-corrected chi connectivity index (χ2v) is 7.39. The van der Waals surface area contributed by atoms with Gasteiger partial charge in [-0.15, -0.1) is 0 Å². The van der Waals surface area contributed by atoms with Gasteiger partial charge in [-0.25, -0.2) is 4.39 Å². The Hall–Kier alpha value is -2.40. The molecule has 26 heavy (non-hydrogen) atoms. The van der Waals surface area contributed by atoms with Gasteiger partial charge in [-0.3, -0.25) is 9.69 Å². The third-order valence-electron chi connectivity index (χ3n) is 5.59. The number of rotatable bonds is 4. The molecule has 2 fully saturated rings. The summed E-state index contributed by atoms with van der Waals surface area (Å²) in [5.74, 6) is 0.628. The van der Waals surface area contributed by atoms with E-state index >= 15 is 0 Å². The minimum atomic E-state index is -0.217. The predicted molar refractivity (Wildman–Crippen MR) is 97.4 cm³/mol. The normalized spacial score (nSPS) is 21.2. The fourth-order valence-electron chi connectivity index (χ4n) is 3.90. The Kier molecular flexibility index (Phi) is 4.41. The number of aromatic hydroxyl groups is 1. The van der Waals surface area contributed by atoms with E-state index in [0.29, 0.717) is 18.0 Å². The second-order valence-electron chi connectivity index (χ2n) is 7.39. The van der Waals surface area contributed by atoms with E-state index in [1.807, 2.05) is 23.1 Å². The molecule has 0 spiro atoms. The van der Waals surface area contributed by atoms with Crippen molar-refractivity contribution in [3.05, 3.63) is 65.0 Å². The maximum Gasteiger partial charge on any atom is 0.240 e. The summed E-state index contributed by atoms with van der Waals surface area (Å²) in [5, 5.41) is 9.39. The summed E-state index contributed by atoms with van der Waals surface area (Å²) in [7, 11) is 0.